The molecule has 1 aliphatic rings. The zero-order chi connectivity index (χ0) is 19.7. The highest BCUT2D eigenvalue weighted by Gasteiger charge is 2.44. The molecule has 3 rings (SSSR count). The van der Waals surface area contributed by atoms with Crippen molar-refractivity contribution in [3.63, 3.8) is 0 Å². The van der Waals surface area contributed by atoms with E-state index in [0.717, 1.165) is 5.56 Å². The highest BCUT2D eigenvalue weighted by Crippen LogP contribution is 2.40. The maximum atomic E-state index is 12.3. The Morgan fingerprint density at radius 2 is 1.89 bits per heavy atom. The SMILES string of the molecule is Cc1ccc(S(=O)(=O)OC[C@@H]2CO[C@](CCl)(c3ccc(Cl)cc3Cl)O2)cc1. The molecule has 27 heavy (non-hydrogen) atoms. The largest absolute Gasteiger partial charge is 0.342 e. The molecular formula is C18H17Cl3O5S. The van der Waals surface area contributed by atoms with E-state index in [9.17, 15) is 8.42 Å². The first-order valence-electron chi connectivity index (χ1n) is 8.05. The molecule has 0 spiro atoms. The normalized spacial score (nSPS) is 22.9. The Kier molecular flexibility index (Phi) is 6.37. The van der Waals surface area contributed by atoms with Crippen molar-refractivity contribution in [2.75, 3.05) is 19.1 Å². The molecule has 0 amide bonds. The van der Waals surface area contributed by atoms with Crippen molar-refractivity contribution < 1.29 is 22.1 Å². The lowest BCUT2D eigenvalue weighted by Crippen LogP contribution is -2.31. The molecule has 0 saturated carbocycles. The molecule has 1 fully saturated rings. The minimum Gasteiger partial charge on any atom is -0.342 e. The van der Waals surface area contributed by atoms with Gasteiger partial charge >= 0.3 is 0 Å². The van der Waals surface area contributed by atoms with E-state index in [1.807, 2.05) is 6.92 Å². The maximum absolute atomic E-state index is 12.3. The summed E-state index contributed by atoms with van der Waals surface area (Å²) in [6.07, 6.45) is -0.629. The van der Waals surface area contributed by atoms with Crippen LogP contribution in [0.2, 0.25) is 10.0 Å². The van der Waals surface area contributed by atoms with Crippen LogP contribution in [-0.4, -0.2) is 33.6 Å². The Labute approximate surface area is 173 Å². The topological polar surface area (TPSA) is 61.8 Å². The van der Waals surface area contributed by atoms with Gasteiger partial charge in [-0.15, -0.1) is 11.6 Å². The van der Waals surface area contributed by atoms with Crippen molar-refractivity contribution in [3.8, 4) is 0 Å². The fraction of sp³-hybridized carbons (Fsp3) is 0.333. The van der Waals surface area contributed by atoms with Gasteiger partial charge in [-0.25, -0.2) is 0 Å². The zero-order valence-corrected chi connectivity index (χ0v) is 17.4. The fourth-order valence-corrected chi connectivity index (χ4v) is 4.44. The summed E-state index contributed by atoms with van der Waals surface area (Å²) in [5, 5.41) is 0.813. The fourth-order valence-electron chi connectivity index (χ4n) is 2.67. The van der Waals surface area contributed by atoms with E-state index in [1.165, 1.54) is 12.1 Å². The summed E-state index contributed by atoms with van der Waals surface area (Å²) in [6.45, 7) is 1.77. The van der Waals surface area contributed by atoms with E-state index in [-0.39, 0.29) is 24.0 Å². The highest BCUT2D eigenvalue weighted by atomic mass is 35.5. The Balaban J connectivity index is 1.70. The van der Waals surface area contributed by atoms with Crippen LogP contribution in [0.5, 0.6) is 0 Å². The van der Waals surface area contributed by atoms with Gasteiger partial charge in [0.2, 0.25) is 5.79 Å². The summed E-state index contributed by atoms with van der Waals surface area (Å²) in [6, 6.07) is 11.3. The number of hydrogen-bond donors (Lipinski definition) is 0. The van der Waals surface area contributed by atoms with Crippen LogP contribution in [0.25, 0.3) is 0 Å². The van der Waals surface area contributed by atoms with Gasteiger partial charge in [-0.1, -0.05) is 47.0 Å². The Bertz CT molecular complexity index is 917. The summed E-state index contributed by atoms with van der Waals surface area (Å²) in [4.78, 5) is 0.0800. The van der Waals surface area contributed by atoms with Crippen LogP contribution in [0.4, 0.5) is 0 Å². The number of ether oxygens (including phenoxy) is 2. The van der Waals surface area contributed by atoms with Gasteiger partial charge in [0.15, 0.2) is 0 Å². The quantitative estimate of drug-likeness (QED) is 0.477. The predicted molar refractivity (Wildman–Crippen MR) is 104 cm³/mol. The molecule has 0 unspecified atom stereocenters. The second-order valence-electron chi connectivity index (χ2n) is 6.11. The lowest BCUT2D eigenvalue weighted by atomic mass is 10.1. The van der Waals surface area contributed by atoms with Gasteiger partial charge in [-0.2, -0.15) is 8.42 Å². The van der Waals surface area contributed by atoms with Crippen molar-refractivity contribution in [3.05, 3.63) is 63.6 Å². The predicted octanol–water partition coefficient (Wildman–Crippen LogP) is 4.51. The van der Waals surface area contributed by atoms with E-state index in [0.29, 0.717) is 15.6 Å². The van der Waals surface area contributed by atoms with E-state index < -0.39 is 22.0 Å². The second kappa shape index (κ2) is 8.25. The molecular weight excluding hydrogens is 435 g/mol. The van der Waals surface area contributed by atoms with Gasteiger partial charge < -0.3 is 9.47 Å². The standard InChI is InChI=1S/C18H17Cl3O5S/c1-12-2-5-15(6-3-12)27(22,23)25-10-14-9-24-18(11-19,26-14)16-7-4-13(20)8-17(16)21/h2-8,14H,9-11H2,1H3/t14-,18-/m0/s1. The van der Waals surface area contributed by atoms with Crippen molar-refractivity contribution in [1.29, 1.82) is 0 Å². The lowest BCUT2D eigenvalue weighted by Gasteiger charge is -2.27. The number of benzene rings is 2. The number of aryl methyl sites for hydroxylation is 1. The summed E-state index contributed by atoms with van der Waals surface area (Å²) >= 11 is 18.2. The number of rotatable bonds is 6. The molecule has 0 aliphatic carbocycles. The van der Waals surface area contributed by atoms with Crippen LogP contribution in [0, 0.1) is 6.92 Å². The third-order valence-corrected chi connectivity index (χ3v) is 6.29. The molecule has 1 saturated heterocycles. The minimum atomic E-state index is -3.90. The van der Waals surface area contributed by atoms with Crippen LogP contribution in [0.15, 0.2) is 47.4 Å². The summed E-state index contributed by atoms with van der Waals surface area (Å²) in [7, 11) is -3.90. The Morgan fingerprint density at radius 1 is 1.19 bits per heavy atom. The van der Waals surface area contributed by atoms with Gasteiger partial charge in [-0.3, -0.25) is 4.18 Å². The average molecular weight is 452 g/mol. The van der Waals surface area contributed by atoms with Crippen molar-refractivity contribution in [2.24, 2.45) is 0 Å². The van der Waals surface area contributed by atoms with Gasteiger partial charge in [0.05, 0.1) is 29.0 Å². The number of alkyl halides is 1. The molecule has 0 aromatic heterocycles. The average Bonchev–Trinajstić information content (AvgIpc) is 3.05. The van der Waals surface area contributed by atoms with Crippen molar-refractivity contribution in [2.45, 2.75) is 23.7 Å². The molecule has 1 aliphatic heterocycles. The molecule has 0 N–H and O–H groups in total. The van der Waals surface area contributed by atoms with Crippen molar-refractivity contribution >= 4 is 44.9 Å². The van der Waals surface area contributed by atoms with Crippen LogP contribution in [0.3, 0.4) is 0 Å². The molecule has 0 bridgehead atoms. The van der Waals surface area contributed by atoms with Gasteiger partial charge in [0.1, 0.15) is 6.10 Å². The first kappa shape index (κ1) is 20.9. The molecule has 146 valence electrons. The van der Waals surface area contributed by atoms with Crippen LogP contribution >= 0.6 is 34.8 Å². The van der Waals surface area contributed by atoms with Gasteiger partial charge in [-0.05, 0) is 31.2 Å². The first-order chi connectivity index (χ1) is 12.8. The molecule has 1 heterocycles. The maximum Gasteiger partial charge on any atom is 0.297 e. The molecule has 2 aromatic rings. The minimum absolute atomic E-state index is 0.0322. The van der Waals surface area contributed by atoms with E-state index in [1.54, 1.807) is 30.3 Å². The summed E-state index contributed by atoms with van der Waals surface area (Å²) < 4.78 is 41.4. The van der Waals surface area contributed by atoms with Crippen LogP contribution < -0.4 is 0 Å². The molecule has 2 atom stereocenters. The molecule has 5 nitrogen and oxygen atoms in total. The molecule has 2 aromatic carbocycles. The van der Waals surface area contributed by atoms with Crippen LogP contribution in [-0.2, 0) is 29.6 Å². The third kappa shape index (κ3) is 4.59. The summed E-state index contributed by atoms with van der Waals surface area (Å²) in [5.74, 6) is -1.32. The lowest BCUT2D eigenvalue weighted by molar-refractivity contribution is -0.161. The van der Waals surface area contributed by atoms with Gasteiger partial charge in [0, 0.05) is 10.6 Å². The first-order valence-corrected chi connectivity index (χ1v) is 10.7. The second-order valence-corrected chi connectivity index (χ2v) is 8.84. The number of halogens is 3. The Morgan fingerprint density at radius 3 is 2.52 bits per heavy atom. The molecule has 0 radical (unpaired) electrons. The van der Waals surface area contributed by atoms with Gasteiger partial charge in [0.25, 0.3) is 10.1 Å². The van der Waals surface area contributed by atoms with Crippen molar-refractivity contribution in [1.82, 2.24) is 0 Å². The van der Waals surface area contributed by atoms with E-state index in [2.05, 4.69) is 0 Å². The smallest absolute Gasteiger partial charge is 0.297 e. The monoisotopic (exact) mass is 450 g/mol. The number of hydrogen-bond acceptors (Lipinski definition) is 5. The zero-order valence-electron chi connectivity index (χ0n) is 14.3. The van der Waals surface area contributed by atoms with E-state index >= 15 is 0 Å². The summed E-state index contributed by atoms with van der Waals surface area (Å²) in [5.41, 5.74) is 1.47. The van der Waals surface area contributed by atoms with E-state index in [4.69, 9.17) is 48.5 Å². The Hall–Kier alpha value is -0.860. The molecule has 9 heteroatoms. The highest BCUT2D eigenvalue weighted by molar-refractivity contribution is 7.86. The third-order valence-electron chi connectivity index (χ3n) is 4.10. The van der Waals surface area contributed by atoms with Crippen LogP contribution in [0.1, 0.15) is 11.1 Å².